The molecule has 0 bridgehead atoms. The Morgan fingerprint density at radius 3 is 1.49 bits per heavy atom. The van der Waals surface area contributed by atoms with Gasteiger partial charge < -0.3 is 9.47 Å². The topological polar surface area (TPSA) is 154 Å². The molecule has 79 heavy (non-hydrogen) atoms. The van der Waals surface area contributed by atoms with Crippen molar-refractivity contribution < 1.29 is 19.1 Å². The Balaban J connectivity index is 1.16. The van der Waals surface area contributed by atoms with Crippen molar-refractivity contribution >= 4 is 34.3 Å². The molecule has 1 N–H and O–H groups in total. The number of Topliss-reactive ketones (excluding diaryl/α,β-unsaturated/α-hetero) is 2. The number of hydrogen-bond acceptors (Lipinski definition) is 10. The van der Waals surface area contributed by atoms with Gasteiger partial charge in [0.05, 0.1) is 11.4 Å². The Morgan fingerprint density at radius 2 is 1.05 bits per heavy atom. The van der Waals surface area contributed by atoms with Gasteiger partial charge in [0.1, 0.15) is 22.9 Å². The lowest BCUT2D eigenvalue weighted by Gasteiger charge is -2.31. The largest absolute Gasteiger partial charge is 0.482 e. The number of benzene rings is 2. The molecule has 0 radical (unpaired) electrons. The van der Waals surface area contributed by atoms with Crippen molar-refractivity contribution in [2.24, 2.45) is 10.1 Å². The lowest BCUT2D eigenvalue weighted by atomic mass is 9.76. The van der Waals surface area contributed by atoms with Gasteiger partial charge in [-0.15, -0.1) is 15.0 Å². The maximum atomic E-state index is 14.3. The molecule has 0 saturated carbocycles. The number of ether oxygens (including phenoxy) is 2. The zero-order chi connectivity index (χ0) is 58.0. The number of aliphatic imine (C=N–C) groups is 1. The van der Waals surface area contributed by atoms with Crippen LogP contribution in [0.5, 0.6) is 11.5 Å². The molecule has 3 aromatic heterocycles. The first kappa shape index (κ1) is 62.7. The third kappa shape index (κ3) is 15.1. The van der Waals surface area contributed by atoms with E-state index in [0.717, 1.165) is 94.2 Å². The van der Waals surface area contributed by atoms with E-state index in [1.54, 1.807) is 9.42 Å². The molecular formula is C66H101N9O4. The van der Waals surface area contributed by atoms with Gasteiger partial charge in [-0.1, -0.05) is 174 Å². The first-order valence-electron chi connectivity index (χ1n) is 30.6. The van der Waals surface area contributed by atoms with Gasteiger partial charge in [0.2, 0.25) is 11.5 Å². The van der Waals surface area contributed by atoms with Crippen LogP contribution in [0.3, 0.4) is 0 Å². The summed E-state index contributed by atoms with van der Waals surface area (Å²) in [5.74, 6) is 3.45. The fourth-order valence-electron chi connectivity index (χ4n) is 10.3. The van der Waals surface area contributed by atoms with Gasteiger partial charge in [-0.3, -0.25) is 14.7 Å². The first-order chi connectivity index (χ1) is 37.3. The summed E-state index contributed by atoms with van der Waals surface area (Å²) in [6, 6.07) is 13.3. The quantitative estimate of drug-likeness (QED) is 0.0407. The summed E-state index contributed by atoms with van der Waals surface area (Å²) in [6.45, 7) is 39.6. The average molecular weight is 1080 g/mol. The molecule has 5 aromatic rings. The lowest BCUT2D eigenvalue weighted by molar-refractivity contribution is -0.127. The van der Waals surface area contributed by atoms with Crippen LogP contribution in [0, 0.1) is 6.92 Å². The maximum absolute atomic E-state index is 14.3. The van der Waals surface area contributed by atoms with E-state index in [1.165, 1.54) is 22.3 Å². The Kier molecular flexibility index (Phi) is 21.3. The van der Waals surface area contributed by atoms with Crippen LogP contribution < -0.4 is 9.47 Å². The molecule has 13 nitrogen and oxygen atoms in total. The smallest absolute Gasteiger partial charge is 0.204 e. The normalized spacial score (nSPS) is 15.4. The van der Waals surface area contributed by atoms with Crippen molar-refractivity contribution in [2.75, 3.05) is 0 Å². The molecule has 4 heterocycles. The average Bonchev–Trinajstić information content (AvgIpc) is 4.19. The number of aromatic nitrogens is 7. The van der Waals surface area contributed by atoms with E-state index in [4.69, 9.17) is 39.7 Å². The number of rotatable bonds is 33. The highest BCUT2D eigenvalue weighted by Gasteiger charge is 2.33. The van der Waals surface area contributed by atoms with E-state index >= 15 is 0 Å². The van der Waals surface area contributed by atoms with E-state index in [0.29, 0.717) is 78.8 Å². The molecule has 0 fully saturated rings. The second-order valence-corrected chi connectivity index (χ2v) is 25.7. The van der Waals surface area contributed by atoms with Crippen molar-refractivity contribution in [1.29, 1.82) is 0 Å². The van der Waals surface area contributed by atoms with Crippen LogP contribution in [0.15, 0.2) is 46.5 Å². The monoisotopic (exact) mass is 1080 g/mol. The van der Waals surface area contributed by atoms with Gasteiger partial charge in [0.25, 0.3) is 0 Å². The minimum Gasteiger partial charge on any atom is -0.482 e. The van der Waals surface area contributed by atoms with Crippen LogP contribution in [0.2, 0.25) is 0 Å². The van der Waals surface area contributed by atoms with Gasteiger partial charge >= 0.3 is 0 Å². The van der Waals surface area contributed by atoms with Crippen LogP contribution in [-0.2, 0) is 31.2 Å². The molecule has 1 aliphatic rings. The SMILES string of the molecule is CCCCCCC(Oc1ccc(C(C)(C)CC)cc1C(C)(C)CC)C(=O)CCC(C)c1nc2n(n1)N=C(C)C2=Nc1c(C)[nH]n2nc(C(C)CCC(=O)C(CCCCCC)Oc3ccc(C(C)(C)CC)cc3C(C)(C)CC)nc12. The van der Waals surface area contributed by atoms with Gasteiger partial charge in [0.15, 0.2) is 35.4 Å². The number of aromatic amines is 1. The molecule has 0 saturated heterocycles. The molecule has 0 aliphatic carbocycles. The van der Waals surface area contributed by atoms with E-state index in [2.05, 4.69) is 152 Å². The summed E-state index contributed by atoms with van der Waals surface area (Å²) in [7, 11) is 0. The minimum absolute atomic E-state index is 0.0338. The summed E-state index contributed by atoms with van der Waals surface area (Å²) in [5, 5.41) is 17.8. The fraction of sp³-hybridized carbons (Fsp3) is 0.667. The summed E-state index contributed by atoms with van der Waals surface area (Å²) in [6.07, 6.45) is 14.7. The maximum Gasteiger partial charge on any atom is 0.204 e. The number of ketones is 2. The lowest BCUT2D eigenvalue weighted by Crippen LogP contribution is -2.29. The van der Waals surface area contributed by atoms with Gasteiger partial charge in [0, 0.05) is 35.8 Å². The molecule has 1 aliphatic heterocycles. The third-order valence-corrected chi connectivity index (χ3v) is 18.0. The van der Waals surface area contributed by atoms with Crippen molar-refractivity contribution in [1.82, 2.24) is 34.7 Å². The van der Waals surface area contributed by atoms with Gasteiger partial charge in [-0.05, 0) is 123 Å². The first-order valence-corrected chi connectivity index (χ1v) is 30.6. The predicted molar refractivity (Wildman–Crippen MR) is 325 cm³/mol. The van der Waals surface area contributed by atoms with Crippen LogP contribution in [0.25, 0.3) is 5.65 Å². The molecule has 0 amide bonds. The highest BCUT2D eigenvalue weighted by Crippen LogP contribution is 2.41. The summed E-state index contributed by atoms with van der Waals surface area (Å²) in [5.41, 5.74) is 8.08. The Labute approximate surface area is 475 Å². The molecule has 4 unspecified atom stereocenters. The molecule has 13 heteroatoms. The predicted octanol–water partition coefficient (Wildman–Crippen LogP) is 16.8. The molecule has 2 aromatic carbocycles. The molecule has 6 rings (SSSR count). The summed E-state index contributed by atoms with van der Waals surface area (Å²) < 4.78 is 15.4. The van der Waals surface area contributed by atoms with Crippen LogP contribution in [-0.4, -0.2) is 69.9 Å². The third-order valence-electron chi connectivity index (χ3n) is 18.0. The summed E-state index contributed by atoms with van der Waals surface area (Å²) >= 11 is 0. The van der Waals surface area contributed by atoms with Crippen LogP contribution >= 0.6 is 0 Å². The Morgan fingerprint density at radius 1 is 0.595 bits per heavy atom. The number of aryl methyl sites for hydroxylation is 1. The standard InChI is InChI=1S/C66H101N9O4/c1-19-25-27-29-31-55(78-53-39-35-47(63(11,12)21-3)41-49(53)65(15,16)23-5)51(76)37-33-43(7)59-68-61-57(45(9)70-74(61)72-59)67-58-46(10)71-75-62(58)69-60(73-75)44(8)34-38-52(77)56(32-30-28-26-20-2)79-54-40-36-48(64(13,14)22-4)42-50(54)66(17,18)24-6/h35-36,39-44,55-56,70H,19-34,37-38H2,1-18H3. The summed E-state index contributed by atoms with van der Waals surface area (Å²) in [4.78, 5) is 45.3. The Hall–Kier alpha value is -5.46. The van der Waals surface area contributed by atoms with E-state index in [1.807, 2.05) is 13.8 Å². The van der Waals surface area contributed by atoms with Crippen LogP contribution in [0.4, 0.5) is 5.69 Å². The number of fused-ring (bicyclic) bond motifs is 2. The zero-order valence-corrected chi connectivity index (χ0v) is 52.2. The zero-order valence-electron chi connectivity index (χ0n) is 52.2. The van der Waals surface area contributed by atoms with Crippen LogP contribution in [0.1, 0.15) is 291 Å². The number of hydrogen-bond donors (Lipinski definition) is 1. The number of nitrogens with zero attached hydrogens (tertiary/aromatic N) is 8. The fourth-order valence-corrected chi connectivity index (χ4v) is 10.3. The number of carbonyl (C=O) groups is 2. The van der Waals surface area contributed by atoms with E-state index < -0.39 is 12.2 Å². The number of unbranched alkanes of at least 4 members (excludes halogenated alkanes) is 6. The van der Waals surface area contributed by atoms with Crippen molar-refractivity contribution in [3.05, 3.63) is 81.8 Å². The number of nitrogens with one attached hydrogen (secondary N) is 1. The van der Waals surface area contributed by atoms with E-state index in [9.17, 15) is 9.59 Å². The minimum atomic E-state index is -0.535. The van der Waals surface area contributed by atoms with Crippen molar-refractivity contribution in [3.63, 3.8) is 0 Å². The Bertz CT molecular complexity index is 2910. The van der Waals surface area contributed by atoms with Gasteiger partial charge in [-0.25, -0.2) is 15.0 Å². The molecular weight excluding hydrogens is 983 g/mol. The van der Waals surface area contributed by atoms with Crippen molar-refractivity contribution in [2.45, 2.75) is 286 Å². The second kappa shape index (κ2) is 26.9. The number of H-pyrrole nitrogens is 1. The highest BCUT2D eigenvalue weighted by atomic mass is 16.5. The molecule has 4 atom stereocenters. The number of carbonyl (C=O) groups excluding carboxylic acids is 2. The second-order valence-electron chi connectivity index (χ2n) is 25.7. The molecule has 0 spiro atoms. The highest BCUT2D eigenvalue weighted by molar-refractivity contribution is 6.48. The van der Waals surface area contributed by atoms with Gasteiger partial charge in [-0.2, -0.15) is 9.73 Å². The van der Waals surface area contributed by atoms with Crippen molar-refractivity contribution in [3.8, 4) is 11.5 Å². The molecule has 434 valence electrons. The van der Waals surface area contributed by atoms with E-state index in [-0.39, 0.29) is 45.1 Å².